The van der Waals surface area contributed by atoms with Crippen molar-refractivity contribution < 1.29 is 14.3 Å². The van der Waals surface area contributed by atoms with Crippen molar-refractivity contribution in [3.63, 3.8) is 0 Å². The van der Waals surface area contributed by atoms with Crippen LogP contribution in [-0.2, 0) is 0 Å². The van der Waals surface area contributed by atoms with Crippen molar-refractivity contribution in [3.8, 4) is 17.6 Å². The number of nitrogens with zero attached hydrogens (tertiary/aromatic N) is 1. The Balaban J connectivity index is 1.80. The van der Waals surface area contributed by atoms with Crippen LogP contribution in [0.5, 0.6) is 11.5 Å². The average molecular weight is 409 g/mol. The minimum Gasteiger partial charge on any atom is -0.454 e. The number of hydrogen-bond donors (Lipinski definition) is 1. The van der Waals surface area contributed by atoms with Crippen molar-refractivity contribution >= 4 is 38.7 Å². The number of para-hydroxylation sites is 1. The number of rotatable bonds is 3. The molecule has 5 nitrogen and oxygen atoms in total. The smallest absolute Gasteiger partial charge is 0.231 e. The summed E-state index contributed by atoms with van der Waals surface area (Å²) >= 11 is 3.45. The first-order valence-electron chi connectivity index (χ1n) is 7.91. The molecule has 6 heteroatoms. The first-order chi connectivity index (χ1) is 12.6. The van der Waals surface area contributed by atoms with E-state index in [1.807, 2.05) is 37.3 Å². The number of benzene rings is 2. The molecule has 0 atom stereocenters. The summed E-state index contributed by atoms with van der Waals surface area (Å²) in [4.78, 5) is 16.2. The highest BCUT2D eigenvalue weighted by Gasteiger charge is 2.21. The number of carbonyl (C=O) groups is 1. The SMILES string of the molecule is Cc1[nH]c2ccccc2c1C(=O)/C(C#N)=C/c1cc2c(cc1Br)OCO2. The maximum Gasteiger partial charge on any atom is 0.231 e. The third kappa shape index (κ3) is 2.67. The van der Waals surface area contributed by atoms with E-state index in [0.717, 1.165) is 21.1 Å². The molecule has 1 N–H and O–H groups in total. The molecule has 0 unspecified atom stereocenters. The fourth-order valence-corrected chi connectivity index (χ4v) is 3.49. The molecule has 2 aromatic carbocycles. The molecule has 0 fully saturated rings. The number of carbonyl (C=O) groups excluding carboxylic acids is 1. The largest absolute Gasteiger partial charge is 0.454 e. The molecule has 1 aliphatic rings. The second-order valence-corrected chi connectivity index (χ2v) is 6.75. The number of allylic oxidation sites excluding steroid dienone is 1. The van der Waals surface area contributed by atoms with Gasteiger partial charge in [-0.05, 0) is 36.8 Å². The second kappa shape index (κ2) is 6.36. The molecule has 4 rings (SSSR count). The van der Waals surface area contributed by atoms with Crippen LogP contribution >= 0.6 is 15.9 Å². The normalized spacial score (nSPS) is 13.0. The lowest BCUT2D eigenvalue weighted by molar-refractivity contribution is 0.104. The number of ether oxygens (including phenoxy) is 2. The highest BCUT2D eigenvalue weighted by Crippen LogP contribution is 2.38. The van der Waals surface area contributed by atoms with Crippen LogP contribution in [0.3, 0.4) is 0 Å². The average Bonchev–Trinajstić information content (AvgIpc) is 3.21. The van der Waals surface area contributed by atoms with Gasteiger partial charge in [-0.1, -0.05) is 34.1 Å². The van der Waals surface area contributed by atoms with Gasteiger partial charge >= 0.3 is 0 Å². The molecule has 26 heavy (non-hydrogen) atoms. The highest BCUT2D eigenvalue weighted by atomic mass is 79.9. The minimum absolute atomic E-state index is 0.0532. The Bertz CT molecular complexity index is 1120. The molecule has 0 amide bonds. The van der Waals surface area contributed by atoms with E-state index >= 15 is 0 Å². The zero-order valence-corrected chi connectivity index (χ0v) is 15.4. The highest BCUT2D eigenvalue weighted by molar-refractivity contribution is 9.10. The van der Waals surface area contributed by atoms with E-state index in [0.29, 0.717) is 22.6 Å². The number of hydrogen-bond acceptors (Lipinski definition) is 4. The molecular formula is C20H13BrN2O3. The van der Waals surface area contributed by atoms with Crippen LogP contribution in [0.25, 0.3) is 17.0 Å². The van der Waals surface area contributed by atoms with Crippen LogP contribution in [0.2, 0.25) is 0 Å². The van der Waals surface area contributed by atoms with Gasteiger partial charge in [-0.15, -0.1) is 0 Å². The molecule has 0 aliphatic carbocycles. The third-order valence-corrected chi connectivity index (χ3v) is 4.96. The Morgan fingerprint density at radius 3 is 2.77 bits per heavy atom. The summed E-state index contributed by atoms with van der Waals surface area (Å²) in [5.74, 6) is 0.908. The predicted octanol–water partition coefficient (Wildman–Crippen LogP) is 4.76. The summed E-state index contributed by atoms with van der Waals surface area (Å²) in [5.41, 5.74) is 2.86. The molecule has 0 saturated heterocycles. The Labute approximate surface area is 158 Å². The van der Waals surface area contributed by atoms with Gasteiger partial charge in [-0.2, -0.15) is 5.26 Å². The summed E-state index contributed by atoms with van der Waals surface area (Å²) in [6, 6.07) is 13.1. The first kappa shape index (κ1) is 16.4. The van der Waals surface area contributed by atoms with Gasteiger partial charge in [0.15, 0.2) is 11.5 Å². The number of aromatic nitrogens is 1. The van der Waals surface area contributed by atoms with Gasteiger partial charge < -0.3 is 14.5 Å². The molecule has 1 aromatic heterocycles. The van der Waals surface area contributed by atoms with Crippen molar-refractivity contribution in [2.45, 2.75) is 6.92 Å². The summed E-state index contributed by atoms with van der Waals surface area (Å²) in [5, 5.41) is 10.4. The van der Waals surface area contributed by atoms with Crippen LogP contribution in [0.4, 0.5) is 0 Å². The number of Topliss-reactive ketones (excluding diaryl/α,β-unsaturated/α-hetero) is 1. The standard InChI is InChI=1S/C20H13BrN2O3/c1-11-19(14-4-2-3-5-16(14)23-11)20(24)13(9-22)6-12-7-17-18(8-15(12)21)26-10-25-17/h2-8,23H,10H2,1H3/b13-6+. The third-order valence-electron chi connectivity index (χ3n) is 4.28. The van der Waals surface area contributed by atoms with E-state index in [1.165, 1.54) is 0 Å². The number of aryl methyl sites for hydroxylation is 1. The zero-order valence-electron chi connectivity index (χ0n) is 13.8. The topological polar surface area (TPSA) is 75.1 Å². The Morgan fingerprint density at radius 2 is 2.00 bits per heavy atom. The Morgan fingerprint density at radius 1 is 1.27 bits per heavy atom. The van der Waals surface area contributed by atoms with Crippen LogP contribution in [0.1, 0.15) is 21.6 Å². The fourth-order valence-electron chi connectivity index (χ4n) is 3.05. The number of nitrogens with one attached hydrogen (secondary N) is 1. The number of halogens is 1. The van der Waals surface area contributed by atoms with Crippen LogP contribution < -0.4 is 9.47 Å². The van der Waals surface area contributed by atoms with Crippen molar-refractivity contribution in [2.75, 3.05) is 6.79 Å². The molecule has 2 heterocycles. The van der Waals surface area contributed by atoms with Crippen molar-refractivity contribution in [1.29, 1.82) is 5.26 Å². The maximum absolute atomic E-state index is 13.0. The first-order valence-corrected chi connectivity index (χ1v) is 8.70. The van der Waals surface area contributed by atoms with E-state index in [4.69, 9.17) is 9.47 Å². The number of ketones is 1. The van der Waals surface area contributed by atoms with Gasteiger partial charge in [-0.25, -0.2) is 0 Å². The number of nitriles is 1. The summed E-state index contributed by atoms with van der Waals surface area (Å²) in [7, 11) is 0. The second-order valence-electron chi connectivity index (χ2n) is 5.90. The lowest BCUT2D eigenvalue weighted by atomic mass is 9.99. The molecule has 3 aromatic rings. The number of H-pyrrole nitrogens is 1. The number of fused-ring (bicyclic) bond motifs is 2. The summed E-state index contributed by atoms with van der Waals surface area (Å²) in [6.07, 6.45) is 1.57. The van der Waals surface area contributed by atoms with E-state index < -0.39 is 0 Å². The lowest BCUT2D eigenvalue weighted by Crippen LogP contribution is -2.03. The van der Waals surface area contributed by atoms with E-state index in [-0.39, 0.29) is 18.1 Å². The van der Waals surface area contributed by atoms with Gasteiger partial charge in [0.05, 0.1) is 5.56 Å². The van der Waals surface area contributed by atoms with Crippen LogP contribution in [-0.4, -0.2) is 17.6 Å². The molecule has 0 bridgehead atoms. The zero-order chi connectivity index (χ0) is 18.3. The van der Waals surface area contributed by atoms with Gasteiger partial charge in [0.25, 0.3) is 0 Å². The van der Waals surface area contributed by atoms with Gasteiger partial charge in [0.2, 0.25) is 12.6 Å². The molecule has 0 saturated carbocycles. The van der Waals surface area contributed by atoms with E-state index in [1.54, 1.807) is 18.2 Å². The maximum atomic E-state index is 13.0. The molecular weight excluding hydrogens is 396 g/mol. The molecule has 128 valence electrons. The minimum atomic E-state index is -0.313. The van der Waals surface area contributed by atoms with Crippen LogP contribution in [0.15, 0.2) is 46.4 Å². The van der Waals surface area contributed by atoms with Crippen molar-refractivity contribution in [2.24, 2.45) is 0 Å². The predicted molar refractivity (Wildman–Crippen MR) is 101 cm³/mol. The Kier molecular flexibility index (Phi) is 4.02. The lowest BCUT2D eigenvalue weighted by Gasteiger charge is -2.04. The molecule has 1 aliphatic heterocycles. The van der Waals surface area contributed by atoms with Crippen molar-refractivity contribution in [1.82, 2.24) is 4.98 Å². The monoisotopic (exact) mass is 408 g/mol. The molecule has 0 radical (unpaired) electrons. The van der Waals surface area contributed by atoms with Gasteiger partial charge in [0.1, 0.15) is 11.6 Å². The molecule has 0 spiro atoms. The summed E-state index contributed by atoms with van der Waals surface area (Å²) in [6.45, 7) is 1.99. The fraction of sp³-hybridized carbons (Fsp3) is 0.100. The summed E-state index contributed by atoms with van der Waals surface area (Å²) < 4.78 is 11.4. The Hall–Kier alpha value is -3.04. The van der Waals surface area contributed by atoms with Gasteiger partial charge in [-0.3, -0.25) is 4.79 Å². The van der Waals surface area contributed by atoms with E-state index in [2.05, 4.69) is 20.9 Å². The number of aromatic amines is 1. The quantitative estimate of drug-likeness (QED) is 0.385. The van der Waals surface area contributed by atoms with Crippen LogP contribution in [0, 0.1) is 18.3 Å². The van der Waals surface area contributed by atoms with Crippen molar-refractivity contribution in [3.05, 3.63) is 63.3 Å². The van der Waals surface area contributed by atoms with Gasteiger partial charge in [0, 0.05) is 21.1 Å². The van der Waals surface area contributed by atoms with E-state index in [9.17, 15) is 10.1 Å².